The molecule has 2 nitrogen and oxygen atoms in total. The van der Waals surface area contributed by atoms with Crippen LogP contribution in [0.1, 0.15) is 23.7 Å². The lowest BCUT2D eigenvalue weighted by Gasteiger charge is -2.05. The van der Waals surface area contributed by atoms with Crippen molar-refractivity contribution in [3.05, 3.63) is 29.8 Å². The number of carbonyl (C=O) groups is 1. The summed E-state index contributed by atoms with van der Waals surface area (Å²) in [7, 11) is 0. The molecule has 0 aliphatic rings. The third-order valence-electron chi connectivity index (χ3n) is 1.75. The fraction of sp³-hybridized carbons (Fsp3) is 0.364. The second kappa shape index (κ2) is 5.81. The average Bonchev–Trinajstić information content (AvgIpc) is 2.25. The number of carbonyl (C=O) groups excluding carboxylic acids is 1. The summed E-state index contributed by atoms with van der Waals surface area (Å²) in [4.78, 5) is 11.3. The molecule has 14 heavy (non-hydrogen) atoms. The lowest BCUT2D eigenvalue weighted by atomic mass is 10.1. The van der Waals surface area contributed by atoms with Gasteiger partial charge in [0.15, 0.2) is 5.78 Å². The monoisotopic (exact) mass is 256 g/mol. The van der Waals surface area contributed by atoms with Crippen molar-refractivity contribution < 1.29 is 9.53 Å². The van der Waals surface area contributed by atoms with E-state index >= 15 is 0 Å². The summed E-state index contributed by atoms with van der Waals surface area (Å²) in [5, 5.41) is 0.351. The number of rotatable bonds is 5. The van der Waals surface area contributed by atoms with Crippen LogP contribution in [-0.4, -0.2) is 17.7 Å². The molecule has 0 radical (unpaired) electrons. The number of hydrogen-bond acceptors (Lipinski definition) is 2. The van der Waals surface area contributed by atoms with E-state index in [-0.39, 0.29) is 5.78 Å². The van der Waals surface area contributed by atoms with Crippen molar-refractivity contribution in [1.29, 1.82) is 0 Å². The van der Waals surface area contributed by atoms with Gasteiger partial charge in [0.2, 0.25) is 0 Å². The van der Waals surface area contributed by atoms with Gasteiger partial charge in [-0.15, -0.1) is 0 Å². The molecule has 1 rings (SSSR count). The Morgan fingerprint density at radius 2 is 2.29 bits per heavy atom. The Hall–Kier alpha value is -0.830. The normalized spacial score (nSPS) is 9.86. The van der Waals surface area contributed by atoms with Gasteiger partial charge in [0, 0.05) is 5.56 Å². The summed E-state index contributed by atoms with van der Waals surface area (Å²) < 4.78 is 5.42. The van der Waals surface area contributed by atoms with Gasteiger partial charge in [-0.1, -0.05) is 35.0 Å². The molecule has 3 heteroatoms. The molecule has 0 aromatic heterocycles. The zero-order chi connectivity index (χ0) is 10.4. The van der Waals surface area contributed by atoms with Crippen molar-refractivity contribution in [1.82, 2.24) is 0 Å². The number of halogens is 1. The molecule has 0 atom stereocenters. The minimum absolute atomic E-state index is 0.0759. The standard InChI is InChI=1S/C11H13BrO2/c1-2-6-14-10-5-3-4-9(7-10)11(13)8-12/h3-5,7H,2,6,8H2,1H3. The van der Waals surface area contributed by atoms with Gasteiger partial charge in [0.25, 0.3) is 0 Å². The summed E-state index contributed by atoms with van der Waals surface area (Å²) in [6.07, 6.45) is 0.969. The van der Waals surface area contributed by atoms with Crippen LogP contribution < -0.4 is 4.74 Å². The maximum Gasteiger partial charge on any atom is 0.173 e. The Kier molecular flexibility index (Phi) is 4.66. The Labute approximate surface area is 92.4 Å². The van der Waals surface area contributed by atoms with E-state index in [2.05, 4.69) is 15.9 Å². The van der Waals surface area contributed by atoms with Gasteiger partial charge in [0.1, 0.15) is 5.75 Å². The Balaban J connectivity index is 2.73. The van der Waals surface area contributed by atoms with Gasteiger partial charge in [-0.3, -0.25) is 4.79 Å². The Morgan fingerprint density at radius 3 is 2.93 bits per heavy atom. The van der Waals surface area contributed by atoms with Crippen LogP contribution in [-0.2, 0) is 0 Å². The van der Waals surface area contributed by atoms with Crippen LogP contribution in [0.25, 0.3) is 0 Å². The van der Waals surface area contributed by atoms with Gasteiger partial charge >= 0.3 is 0 Å². The van der Waals surface area contributed by atoms with E-state index in [0.717, 1.165) is 12.2 Å². The zero-order valence-corrected chi connectivity index (χ0v) is 9.71. The van der Waals surface area contributed by atoms with Crippen molar-refractivity contribution >= 4 is 21.7 Å². The SMILES string of the molecule is CCCOc1cccc(C(=O)CBr)c1. The number of benzene rings is 1. The molecule has 0 saturated carbocycles. The quantitative estimate of drug-likeness (QED) is 0.598. The van der Waals surface area contributed by atoms with Gasteiger partial charge in [-0.25, -0.2) is 0 Å². The predicted molar refractivity (Wildman–Crippen MR) is 60.4 cm³/mol. The summed E-state index contributed by atoms with van der Waals surface area (Å²) in [6, 6.07) is 7.27. The van der Waals surface area contributed by atoms with Gasteiger partial charge in [0.05, 0.1) is 11.9 Å². The van der Waals surface area contributed by atoms with Crippen LogP contribution in [0.4, 0.5) is 0 Å². The first kappa shape index (κ1) is 11.2. The van der Waals surface area contributed by atoms with E-state index in [1.165, 1.54) is 0 Å². The minimum atomic E-state index is 0.0759. The first-order valence-corrected chi connectivity index (χ1v) is 5.72. The number of ether oxygens (including phenoxy) is 1. The molecule has 0 amide bonds. The summed E-state index contributed by atoms with van der Waals surface area (Å²) in [6.45, 7) is 2.74. The van der Waals surface area contributed by atoms with E-state index in [4.69, 9.17) is 4.74 Å². The largest absolute Gasteiger partial charge is 0.494 e. The molecule has 1 aromatic rings. The van der Waals surface area contributed by atoms with Crippen molar-refractivity contribution in [2.24, 2.45) is 0 Å². The zero-order valence-electron chi connectivity index (χ0n) is 8.13. The smallest absolute Gasteiger partial charge is 0.173 e. The molecule has 0 N–H and O–H groups in total. The van der Waals surface area contributed by atoms with E-state index < -0.39 is 0 Å². The molecule has 0 spiro atoms. The predicted octanol–water partition coefficient (Wildman–Crippen LogP) is 3.05. The number of ketones is 1. The summed E-state index contributed by atoms with van der Waals surface area (Å²) in [5.41, 5.74) is 0.690. The molecule has 0 unspecified atom stereocenters. The Bertz CT molecular complexity index is 310. The maximum atomic E-state index is 11.3. The van der Waals surface area contributed by atoms with Crippen LogP contribution >= 0.6 is 15.9 Å². The highest BCUT2D eigenvalue weighted by Crippen LogP contribution is 2.14. The Morgan fingerprint density at radius 1 is 1.50 bits per heavy atom. The van der Waals surface area contributed by atoms with E-state index in [9.17, 15) is 4.79 Å². The van der Waals surface area contributed by atoms with E-state index in [0.29, 0.717) is 17.5 Å². The van der Waals surface area contributed by atoms with Crippen LogP contribution in [0.3, 0.4) is 0 Å². The second-order valence-corrected chi connectivity index (χ2v) is 3.49. The second-order valence-electron chi connectivity index (χ2n) is 2.93. The molecular formula is C11H13BrO2. The van der Waals surface area contributed by atoms with Crippen molar-refractivity contribution in [2.45, 2.75) is 13.3 Å². The van der Waals surface area contributed by atoms with Crippen molar-refractivity contribution in [3.63, 3.8) is 0 Å². The fourth-order valence-corrected chi connectivity index (χ4v) is 1.38. The van der Waals surface area contributed by atoms with Crippen molar-refractivity contribution in [3.8, 4) is 5.75 Å². The maximum absolute atomic E-state index is 11.3. The lowest BCUT2D eigenvalue weighted by molar-refractivity contribution is 0.102. The van der Waals surface area contributed by atoms with E-state index in [1.54, 1.807) is 12.1 Å². The molecule has 0 heterocycles. The van der Waals surface area contributed by atoms with Crippen LogP contribution in [0.5, 0.6) is 5.75 Å². The highest BCUT2D eigenvalue weighted by atomic mass is 79.9. The molecule has 1 aromatic carbocycles. The molecule has 0 aliphatic heterocycles. The third-order valence-corrected chi connectivity index (χ3v) is 2.26. The summed E-state index contributed by atoms with van der Waals surface area (Å²) in [5.74, 6) is 0.839. The van der Waals surface area contributed by atoms with Crippen LogP contribution in [0, 0.1) is 0 Å². The summed E-state index contributed by atoms with van der Waals surface area (Å²) >= 11 is 3.14. The topological polar surface area (TPSA) is 26.3 Å². The lowest BCUT2D eigenvalue weighted by Crippen LogP contribution is -2.01. The van der Waals surface area contributed by atoms with Gasteiger partial charge < -0.3 is 4.74 Å². The molecule has 0 bridgehead atoms. The minimum Gasteiger partial charge on any atom is -0.494 e. The first-order chi connectivity index (χ1) is 6.77. The van der Waals surface area contributed by atoms with Crippen LogP contribution in [0.2, 0.25) is 0 Å². The molecule has 0 saturated heterocycles. The molecule has 0 fully saturated rings. The average molecular weight is 257 g/mol. The molecule has 0 aliphatic carbocycles. The molecule has 76 valence electrons. The number of hydrogen-bond donors (Lipinski definition) is 0. The highest BCUT2D eigenvalue weighted by Gasteiger charge is 2.04. The fourth-order valence-electron chi connectivity index (χ4n) is 1.06. The van der Waals surface area contributed by atoms with E-state index in [1.807, 2.05) is 19.1 Å². The molecular weight excluding hydrogens is 244 g/mol. The van der Waals surface area contributed by atoms with Gasteiger partial charge in [-0.2, -0.15) is 0 Å². The third kappa shape index (κ3) is 3.14. The highest BCUT2D eigenvalue weighted by molar-refractivity contribution is 9.09. The van der Waals surface area contributed by atoms with Crippen LogP contribution in [0.15, 0.2) is 24.3 Å². The van der Waals surface area contributed by atoms with Crippen molar-refractivity contribution in [2.75, 3.05) is 11.9 Å². The first-order valence-electron chi connectivity index (χ1n) is 4.60. The van der Waals surface area contributed by atoms with Gasteiger partial charge in [-0.05, 0) is 18.6 Å². The number of alkyl halides is 1. The number of Topliss-reactive ketones (excluding diaryl/α,β-unsaturated/α-hetero) is 1.